The van der Waals surface area contributed by atoms with Crippen LogP contribution in [-0.4, -0.2) is 60.0 Å². The number of aromatic nitrogens is 2. The van der Waals surface area contributed by atoms with Gasteiger partial charge in [-0.2, -0.15) is 0 Å². The lowest BCUT2D eigenvalue weighted by atomic mass is 9.96. The van der Waals surface area contributed by atoms with Crippen LogP contribution in [0.25, 0.3) is 0 Å². The summed E-state index contributed by atoms with van der Waals surface area (Å²) in [6.07, 6.45) is 9.33. The van der Waals surface area contributed by atoms with Crippen molar-refractivity contribution < 1.29 is 4.79 Å². The number of hydrogen-bond donors (Lipinski definition) is 2. The normalized spacial score (nSPS) is 18.4. The molecular weight excluding hydrogens is 364 g/mol. The number of hydrogen-bond acceptors (Lipinski definition) is 6. The van der Waals surface area contributed by atoms with E-state index in [1.54, 1.807) is 12.4 Å². The van der Waals surface area contributed by atoms with Crippen molar-refractivity contribution in [3.8, 4) is 0 Å². The fourth-order valence-corrected chi connectivity index (χ4v) is 3.97. The molecule has 1 aromatic carbocycles. The van der Waals surface area contributed by atoms with Crippen LogP contribution in [0.3, 0.4) is 0 Å². The Labute approximate surface area is 172 Å². The van der Waals surface area contributed by atoms with Crippen molar-refractivity contribution in [1.29, 1.82) is 0 Å². The summed E-state index contributed by atoms with van der Waals surface area (Å²) in [6.45, 7) is 4.20. The highest BCUT2D eigenvalue weighted by Crippen LogP contribution is 2.21. The van der Waals surface area contributed by atoms with E-state index in [1.165, 1.54) is 24.9 Å². The van der Waals surface area contributed by atoms with Gasteiger partial charge in [-0.05, 0) is 44.2 Å². The Morgan fingerprint density at radius 3 is 2.28 bits per heavy atom. The molecule has 154 valence electrons. The van der Waals surface area contributed by atoms with Gasteiger partial charge < -0.3 is 20.4 Å². The molecule has 29 heavy (non-hydrogen) atoms. The number of carbonyl (C=O) groups is 1. The molecule has 0 atom stereocenters. The molecule has 1 amide bonds. The summed E-state index contributed by atoms with van der Waals surface area (Å²) in [5, 5.41) is 6.31. The number of likely N-dealkylation sites (N-methyl/N-ethyl adjacent to an activating group) is 1. The topological polar surface area (TPSA) is 73.4 Å². The Morgan fingerprint density at radius 1 is 0.966 bits per heavy atom. The number of nitrogens with zero attached hydrogens (tertiary/aromatic N) is 4. The Bertz CT molecular complexity index is 793. The second kappa shape index (κ2) is 9.22. The zero-order chi connectivity index (χ0) is 20.1. The predicted octanol–water partition coefficient (Wildman–Crippen LogP) is 3.23. The molecule has 2 heterocycles. The molecule has 0 bridgehead atoms. The molecule has 1 aliphatic heterocycles. The molecule has 7 heteroatoms. The van der Waals surface area contributed by atoms with Crippen LogP contribution >= 0.6 is 0 Å². The van der Waals surface area contributed by atoms with E-state index in [1.807, 2.05) is 12.1 Å². The third kappa shape index (κ3) is 5.23. The molecule has 1 saturated heterocycles. The van der Waals surface area contributed by atoms with Crippen molar-refractivity contribution >= 4 is 23.2 Å². The highest BCUT2D eigenvalue weighted by molar-refractivity contribution is 6.03. The monoisotopic (exact) mass is 394 g/mol. The number of nitrogens with one attached hydrogen (secondary N) is 2. The van der Waals surface area contributed by atoms with Crippen LogP contribution in [0.2, 0.25) is 0 Å². The summed E-state index contributed by atoms with van der Waals surface area (Å²) in [4.78, 5) is 25.9. The summed E-state index contributed by atoms with van der Waals surface area (Å²) in [5.74, 6) is 0.409. The van der Waals surface area contributed by atoms with Crippen LogP contribution in [0.15, 0.2) is 36.7 Å². The van der Waals surface area contributed by atoms with Crippen LogP contribution < -0.4 is 15.5 Å². The minimum Gasteiger partial charge on any atom is -0.369 e. The Balaban J connectivity index is 1.31. The van der Waals surface area contributed by atoms with E-state index >= 15 is 0 Å². The Hall–Kier alpha value is -2.67. The lowest BCUT2D eigenvalue weighted by Gasteiger charge is -2.34. The van der Waals surface area contributed by atoms with Gasteiger partial charge in [0.05, 0.1) is 5.56 Å². The molecule has 1 saturated carbocycles. The Morgan fingerprint density at radius 2 is 1.62 bits per heavy atom. The van der Waals surface area contributed by atoms with Gasteiger partial charge in [0.2, 0.25) is 5.95 Å². The van der Waals surface area contributed by atoms with Crippen molar-refractivity contribution in [2.45, 2.75) is 38.1 Å². The lowest BCUT2D eigenvalue weighted by Crippen LogP contribution is -2.44. The number of piperazine rings is 1. The minimum atomic E-state index is -0.193. The fraction of sp³-hybridized carbons (Fsp3) is 0.500. The summed E-state index contributed by atoms with van der Waals surface area (Å²) in [7, 11) is 2.15. The smallest absolute Gasteiger partial charge is 0.258 e. The second-order valence-electron chi connectivity index (χ2n) is 8.07. The van der Waals surface area contributed by atoms with E-state index < -0.39 is 0 Å². The van der Waals surface area contributed by atoms with Gasteiger partial charge in [0.1, 0.15) is 0 Å². The minimum absolute atomic E-state index is 0.193. The molecule has 1 aromatic heterocycles. The van der Waals surface area contributed by atoms with Gasteiger partial charge in [0, 0.05) is 56.0 Å². The van der Waals surface area contributed by atoms with Crippen LogP contribution in [0.4, 0.5) is 17.3 Å². The maximum absolute atomic E-state index is 12.5. The predicted molar refractivity (Wildman–Crippen MR) is 117 cm³/mol. The zero-order valence-corrected chi connectivity index (χ0v) is 17.1. The number of rotatable bonds is 5. The van der Waals surface area contributed by atoms with Crippen molar-refractivity contribution in [3.63, 3.8) is 0 Å². The molecule has 0 spiro atoms. The second-order valence-corrected chi connectivity index (χ2v) is 8.07. The maximum Gasteiger partial charge on any atom is 0.258 e. The molecule has 4 rings (SSSR count). The summed E-state index contributed by atoms with van der Waals surface area (Å²) >= 11 is 0. The highest BCUT2D eigenvalue weighted by Gasteiger charge is 2.16. The van der Waals surface area contributed by atoms with E-state index in [9.17, 15) is 4.79 Å². The molecule has 2 N–H and O–H groups in total. The molecular formula is C22H30N6O. The van der Waals surface area contributed by atoms with Crippen molar-refractivity contribution in [3.05, 3.63) is 42.2 Å². The van der Waals surface area contributed by atoms with E-state index in [-0.39, 0.29) is 5.91 Å². The van der Waals surface area contributed by atoms with E-state index in [4.69, 9.17) is 0 Å². The van der Waals surface area contributed by atoms with Gasteiger partial charge in [-0.3, -0.25) is 4.79 Å². The first-order valence-electron chi connectivity index (χ1n) is 10.6. The molecule has 1 aliphatic carbocycles. The van der Waals surface area contributed by atoms with E-state index in [0.29, 0.717) is 17.6 Å². The largest absolute Gasteiger partial charge is 0.369 e. The number of amides is 1. The zero-order valence-electron chi connectivity index (χ0n) is 17.1. The first kappa shape index (κ1) is 19.6. The number of anilines is 3. The Kier molecular flexibility index (Phi) is 6.24. The quantitative estimate of drug-likeness (QED) is 0.811. The summed E-state index contributed by atoms with van der Waals surface area (Å²) < 4.78 is 0. The van der Waals surface area contributed by atoms with Gasteiger partial charge in [-0.15, -0.1) is 0 Å². The maximum atomic E-state index is 12.5. The number of benzene rings is 1. The van der Waals surface area contributed by atoms with Crippen molar-refractivity contribution in [1.82, 2.24) is 14.9 Å². The standard InChI is InChI=1S/C22H30N6O/c1-27-11-13-28(14-12-27)20-9-7-19(8-10-20)25-21(29)17-15-23-22(24-16-17)26-18-5-3-2-4-6-18/h7-10,15-16,18H,2-6,11-14H2,1H3,(H,25,29)(H,23,24,26). The van der Waals surface area contributed by atoms with Crippen molar-refractivity contribution in [2.24, 2.45) is 0 Å². The van der Waals surface area contributed by atoms with Gasteiger partial charge in [0.15, 0.2) is 0 Å². The molecule has 0 radical (unpaired) electrons. The van der Waals surface area contributed by atoms with Gasteiger partial charge >= 0.3 is 0 Å². The van der Waals surface area contributed by atoms with Crippen LogP contribution in [0.5, 0.6) is 0 Å². The molecule has 2 fully saturated rings. The fourth-order valence-electron chi connectivity index (χ4n) is 3.97. The van der Waals surface area contributed by atoms with Gasteiger partial charge in [0.25, 0.3) is 5.91 Å². The van der Waals surface area contributed by atoms with Gasteiger partial charge in [-0.1, -0.05) is 19.3 Å². The molecule has 2 aromatic rings. The SMILES string of the molecule is CN1CCN(c2ccc(NC(=O)c3cnc(NC4CCCCC4)nc3)cc2)CC1. The summed E-state index contributed by atoms with van der Waals surface area (Å²) in [6, 6.07) is 8.47. The van der Waals surface area contributed by atoms with Crippen molar-refractivity contribution in [2.75, 3.05) is 48.8 Å². The summed E-state index contributed by atoms with van der Waals surface area (Å²) in [5.41, 5.74) is 2.43. The van der Waals surface area contributed by atoms with Crippen LogP contribution in [-0.2, 0) is 0 Å². The van der Waals surface area contributed by atoms with Gasteiger partial charge in [-0.25, -0.2) is 9.97 Å². The third-order valence-electron chi connectivity index (χ3n) is 5.85. The third-order valence-corrected chi connectivity index (χ3v) is 5.85. The van der Waals surface area contributed by atoms with E-state index in [2.05, 4.69) is 49.6 Å². The number of carbonyl (C=O) groups excluding carboxylic acids is 1. The van der Waals surface area contributed by atoms with Crippen LogP contribution in [0.1, 0.15) is 42.5 Å². The molecule has 0 unspecified atom stereocenters. The molecule has 7 nitrogen and oxygen atoms in total. The lowest BCUT2D eigenvalue weighted by molar-refractivity contribution is 0.102. The first-order chi connectivity index (χ1) is 14.2. The molecule has 2 aliphatic rings. The average Bonchev–Trinajstić information content (AvgIpc) is 2.76. The van der Waals surface area contributed by atoms with Crippen LogP contribution in [0, 0.1) is 0 Å². The average molecular weight is 395 g/mol. The first-order valence-corrected chi connectivity index (χ1v) is 10.6. The van der Waals surface area contributed by atoms with E-state index in [0.717, 1.165) is 44.7 Å². The highest BCUT2D eigenvalue weighted by atomic mass is 16.1.